The van der Waals surface area contributed by atoms with E-state index in [1.807, 2.05) is 13.8 Å². The van der Waals surface area contributed by atoms with E-state index < -0.39 is 35.8 Å². The van der Waals surface area contributed by atoms with Crippen LogP contribution in [0.3, 0.4) is 0 Å². The van der Waals surface area contributed by atoms with Gasteiger partial charge >= 0.3 is 6.18 Å². The molecule has 2 aromatic heterocycles. The van der Waals surface area contributed by atoms with Crippen LogP contribution in [0.2, 0.25) is 0 Å². The average Bonchev–Trinajstić information content (AvgIpc) is 3.13. The van der Waals surface area contributed by atoms with Crippen LogP contribution in [-0.4, -0.2) is 33.4 Å². The third-order valence-electron chi connectivity index (χ3n) is 8.74. The Morgan fingerprint density at radius 3 is 2.30 bits per heavy atom. The summed E-state index contributed by atoms with van der Waals surface area (Å²) in [5, 5.41) is 23.0. The topological polar surface area (TPSA) is 84.7 Å². The van der Waals surface area contributed by atoms with Crippen molar-refractivity contribution in [2.24, 2.45) is 5.41 Å². The summed E-state index contributed by atoms with van der Waals surface area (Å²) in [5.41, 5.74) is 2.01. The Balaban J connectivity index is 0.00000280. The molecule has 4 heterocycles. The number of rotatable bonds is 2. The van der Waals surface area contributed by atoms with Crippen LogP contribution in [0.25, 0.3) is 0 Å². The number of aliphatic hydroxyl groups is 2. The minimum atomic E-state index is -4.53. The van der Waals surface area contributed by atoms with E-state index in [4.69, 9.17) is 14.5 Å². The summed E-state index contributed by atoms with van der Waals surface area (Å²) >= 11 is 0. The summed E-state index contributed by atoms with van der Waals surface area (Å²) in [6.07, 6.45) is -1.24. The maximum atomic E-state index is 13.2. The Kier molecular flexibility index (Phi) is 6.46. The molecule has 0 bridgehead atoms. The number of fused-ring (bicyclic) bond motifs is 4. The second-order valence-electron chi connectivity index (χ2n) is 11.2. The Bertz CT molecular complexity index is 1170. The maximum Gasteiger partial charge on any atom is 0.433 e. The molecular formula is C28H35F3N2O4. The first-order valence-electron chi connectivity index (χ1n) is 12.8. The summed E-state index contributed by atoms with van der Waals surface area (Å²) < 4.78 is 52.0. The molecule has 202 valence electrons. The minimum absolute atomic E-state index is 0. The molecule has 0 unspecified atom stereocenters. The second kappa shape index (κ2) is 9.00. The summed E-state index contributed by atoms with van der Waals surface area (Å²) in [6, 6.07) is 2.40. The van der Waals surface area contributed by atoms with Crippen LogP contribution in [-0.2, 0) is 21.3 Å². The first-order chi connectivity index (χ1) is 17.1. The number of alkyl halides is 3. The minimum Gasteiger partial charge on any atom is -0.388 e. The van der Waals surface area contributed by atoms with E-state index in [0.29, 0.717) is 49.3 Å². The van der Waals surface area contributed by atoms with Crippen LogP contribution in [0, 0.1) is 5.41 Å². The lowest BCUT2D eigenvalue weighted by Crippen LogP contribution is -2.43. The highest BCUT2D eigenvalue weighted by Crippen LogP contribution is 2.63. The second-order valence-corrected chi connectivity index (χ2v) is 11.2. The van der Waals surface area contributed by atoms with Crippen molar-refractivity contribution in [1.29, 1.82) is 0 Å². The molecule has 1 saturated carbocycles. The molecule has 9 heteroatoms. The van der Waals surface area contributed by atoms with Crippen LogP contribution >= 0.6 is 0 Å². The molecule has 2 fully saturated rings. The first kappa shape index (κ1) is 26.5. The smallest absolute Gasteiger partial charge is 0.388 e. The normalized spacial score (nSPS) is 27.5. The van der Waals surface area contributed by atoms with E-state index in [1.54, 1.807) is 0 Å². The Morgan fingerprint density at radius 2 is 1.76 bits per heavy atom. The first-order valence-corrected chi connectivity index (χ1v) is 12.8. The fraction of sp³-hybridized carbons (Fsp3) is 0.643. The number of hydrogen-bond donors (Lipinski definition) is 2. The van der Waals surface area contributed by atoms with E-state index in [2.05, 4.69) is 4.98 Å². The quantitative estimate of drug-likeness (QED) is 0.504. The highest BCUT2D eigenvalue weighted by Gasteiger charge is 2.56. The highest BCUT2D eigenvalue weighted by atomic mass is 19.4. The van der Waals surface area contributed by atoms with Crippen molar-refractivity contribution in [3.63, 3.8) is 0 Å². The molecule has 2 N–H and O–H groups in total. The zero-order valence-corrected chi connectivity index (χ0v) is 20.4. The lowest BCUT2D eigenvalue weighted by Gasteiger charge is -2.51. The molecule has 0 amide bonds. The van der Waals surface area contributed by atoms with Crippen molar-refractivity contribution in [2.45, 2.75) is 95.8 Å². The molecule has 2 spiro atoms. The van der Waals surface area contributed by atoms with Gasteiger partial charge in [-0.2, -0.15) is 13.2 Å². The maximum absolute atomic E-state index is 13.2. The molecule has 3 atom stereocenters. The molecule has 6 nitrogen and oxygen atoms in total. The summed E-state index contributed by atoms with van der Waals surface area (Å²) in [6.45, 7) is 4.95. The summed E-state index contributed by atoms with van der Waals surface area (Å²) in [4.78, 5) is 8.67. The van der Waals surface area contributed by atoms with Gasteiger partial charge in [-0.25, -0.2) is 0 Å². The van der Waals surface area contributed by atoms with Crippen LogP contribution in [0.5, 0.6) is 0 Å². The third kappa shape index (κ3) is 3.92. The number of aromatic nitrogens is 2. The van der Waals surface area contributed by atoms with Gasteiger partial charge in [0, 0.05) is 60.1 Å². The molecule has 4 aliphatic rings. The SMILES string of the molecule is C.CC(C)c1nc2c(c3c1[C@@H](c1ccc(C(F)(F)F)nc1)OC31CCOCC1)[C@@H](O)CC1(CCC1)[C@H]2O. The molecule has 0 radical (unpaired) electrons. The lowest BCUT2D eigenvalue weighted by molar-refractivity contribution is -0.141. The zero-order chi connectivity index (χ0) is 25.5. The van der Waals surface area contributed by atoms with Gasteiger partial charge < -0.3 is 19.7 Å². The lowest BCUT2D eigenvalue weighted by atomic mass is 9.57. The standard InChI is InChI=1S/C27H31F3N2O4.CH4/c1-14(2)21-19-20(18-16(33)12-25(6-3-7-25)24(34)22(18)32-21)26(8-10-35-11-9-26)36-23(19)15-4-5-17(31-13-15)27(28,29)30;/h4-5,13-14,16,23-24,33-34H,3,6-12H2,1-2H3;1H4/t16-,23+,24-;/m0./s1. The molecule has 0 aromatic carbocycles. The van der Waals surface area contributed by atoms with Crippen molar-refractivity contribution in [3.05, 3.63) is 57.7 Å². The zero-order valence-electron chi connectivity index (χ0n) is 20.4. The highest BCUT2D eigenvalue weighted by molar-refractivity contribution is 5.55. The van der Waals surface area contributed by atoms with Crippen molar-refractivity contribution in [1.82, 2.24) is 9.97 Å². The van der Waals surface area contributed by atoms with E-state index in [0.717, 1.165) is 42.1 Å². The van der Waals surface area contributed by atoms with Gasteiger partial charge in [0.25, 0.3) is 0 Å². The molecule has 2 aromatic rings. The van der Waals surface area contributed by atoms with Gasteiger partial charge in [-0.3, -0.25) is 9.97 Å². The Morgan fingerprint density at radius 1 is 1.05 bits per heavy atom. The predicted molar refractivity (Wildman–Crippen MR) is 130 cm³/mol. The van der Waals surface area contributed by atoms with Crippen molar-refractivity contribution in [3.8, 4) is 0 Å². The molecule has 1 saturated heterocycles. The number of pyridine rings is 2. The predicted octanol–water partition coefficient (Wildman–Crippen LogP) is 6.02. The van der Waals surface area contributed by atoms with Gasteiger partial charge in [-0.15, -0.1) is 0 Å². The summed E-state index contributed by atoms with van der Waals surface area (Å²) in [7, 11) is 0. The van der Waals surface area contributed by atoms with Gasteiger partial charge in [0.05, 0.1) is 17.4 Å². The number of nitrogens with zero attached hydrogens (tertiary/aromatic N) is 2. The van der Waals surface area contributed by atoms with Gasteiger partial charge in [-0.05, 0) is 36.8 Å². The number of aliphatic hydroxyl groups excluding tert-OH is 2. The molecule has 6 rings (SSSR count). The molecule has 37 heavy (non-hydrogen) atoms. The van der Waals surface area contributed by atoms with E-state index >= 15 is 0 Å². The average molecular weight is 521 g/mol. The fourth-order valence-corrected chi connectivity index (χ4v) is 6.77. The fourth-order valence-electron chi connectivity index (χ4n) is 6.77. The number of halogens is 3. The monoisotopic (exact) mass is 520 g/mol. The molecular weight excluding hydrogens is 485 g/mol. The Labute approximate surface area is 215 Å². The van der Waals surface area contributed by atoms with Crippen LogP contribution in [0.15, 0.2) is 18.3 Å². The van der Waals surface area contributed by atoms with Gasteiger partial charge in [0.15, 0.2) is 0 Å². The number of hydrogen-bond acceptors (Lipinski definition) is 6. The van der Waals surface area contributed by atoms with Gasteiger partial charge in [-0.1, -0.05) is 33.8 Å². The third-order valence-corrected chi connectivity index (χ3v) is 8.74. The van der Waals surface area contributed by atoms with Gasteiger partial charge in [0.1, 0.15) is 17.9 Å². The van der Waals surface area contributed by atoms with Crippen LogP contribution < -0.4 is 0 Å². The molecule has 2 aliphatic heterocycles. The van der Waals surface area contributed by atoms with E-state index in [1.165, 1.54) is 12.3 Å². The van der Waals surface area contributed by atoms with E-state index in [-0.39, 0.29) is 18.8 Å². The largest absolute Gasteiger partial charge is 0.433 e. The van der Waals surface area contributed by atoms with Gasteiger partial charge in [0.2, 0.25) is 0 Å². The van der Waals surface area contributed by atoms with Crippen molar-refractivity contribution < 1.29 is 32.9 Å². The van der Waals surface area contributed by atoms with E-state index in [9.17, 15) is 23.4 Å². The number of ether oxygens (including phenoxy) is 2. The molecule has 2 aliphatic carbocycles. The summed E-state index contributed by atoms with van der Waals surface area (Å²) in [5.74, 6) is -0.0313. The van der Waals surface area contributed by atoms with Crippen LogP contribution in [0.4, 0.5) is 13.2 Å². The van der Waals surface area contributed by atoms with Crippen molar-refractivity contribution in [2.75, 3.05) is 13.2 Å². The van der Waals surface area contributed by atoms with Crippen LogP contribution in [0.1, 0.15) is 123 Å². The van der Waals surface area contributed by atoms with Crippen molar-refractivity contribution >= 4 is 0 Å². The Hall–Kier alpha value is -2.07.